The van der Waals surface area contributed by atoms with Crippen LogP contribution in [0.25, 0.3) is 76.8 Å². The van der Waals surface area contributed by atoms with Crippen LogP contribution in [0.3, 0.4) is 0 Å². The molecule has 0 fully saturated rings. The van der Waals surface area contributed by atoms with Gasteiger partial charge in [0.15, 0.2) is 0 Å². The second-order valence-corrected chi connectivity index (χ2v) is 10.00. The summed E-state index contributed by atoms with van der Waals surface area (Å²) < 4.78 is 6.40. The first-order valence-electron chi connectivity index (χ1n) is 13.0. The Balaban J connectivity index is 1.27. The van der Waals surface area contributed by atoms with Crippen molar-refractivity contribution in [3.05, 3.63) is 127 Å². The third kappa shape index (κ3) is 3.04. The minimum atomic E-state index is 0.937. The standard InChI is InChI=1S/C36H23NO/c1-22-8-6-14-31-32-15-7-13-25(36(32)38-35(22)31)23-16-18-24(19-17-23)33-21-20-30-28-11-3-2-9-26(28)27-10-4-5-12-29(27)34(30)37-33/h2-21H,1H3. The summed E-state index contributed by atoms with van der Waals surface area (Å²) in [7, 11) is 0. The number of para-hydroxylation sites is 2. The zero-order chi connectivity index (χ0) is 25.2. The number of aryl methyl sites for hydroxylation is 1. The number of furan rings is 1. The van der Waals surface area contributed by atoms with Gasteiger partial charge in [-0.15, -0.1) is 0 Å². The van der Waals surface area contributed by atoms with Crippen LogP contribution in [-0.2, 0) is 0 Å². The second kappa shape index (κ2) is 8.03. The molecule has 0 unspecified atom stereocenters. The Morgan fingerprint density at radius 2 is 1.00 bits per heavy atom. The molecule has 2 heterocycles. The van der Waals surface area contributed by atoms with Crippen molar-refractivity contribution in [2.24, 2.45) is 0 Å². The van der Waals surface area contributed by atoms with Crippen molar-refractivity contribution in [2.45, 2.75) is 6.92 Å². The minimum Gasteiger partial charge on any atom is -0.455 e. The van der Waals surface area contributed by atoms with E-state index < -0.39 is 0 Å². The Hall–Kier alpha value is -4.95. The van der Waals surface area contributed by atoms with E-state index in [1.165, 1.54) is 32.3 Å². The van der Waals surface area contributed by atoms with Crippen molar-refractivity contribution in [1.82, 2.24) is 4.98 Å². The fourth-order valence-corrected chi connectivity index (χ4v) is 5.93. The molecule has 2 aromatic heterocycles. The molecule has 6 aromatic carbocycles. The van der Waals surface area contributed by atoms with E-state index >= 15 is 0 Å². The summed E-state index contributed by atoms with van der Waals surface area (Å²) in [6.45, 7) is 2.10. The lowest BCUT2D eigenvalue weighted by Gasteiger charge is -2.11. The molecule has 0 amide bonds. The first kappa shape index (κ1) is 21.2. The highest BCUT2D eigenvalue weighted by molar-refractivity contribution is 6.24. The Morgan fingerprint density at radius 1 is 0.447 bits per heavy atom. The van der Waals surface area contributed by atoms with Crippen LogP contribution in [0.4, 0.5) is 0 Å². The SMILES string of the molecule is Cc1cccc2c1oc1c(-c3ccc(-c4ccc5c6ccccc6c6ccccc6c5n4)cc3)cccc12. The molecular weight excluding hydrogens is 462 g/mol. The van der Waals surface area contributed by atoms with Crippen molar-refractivity contribution in [3.8, 4) is 22.4 Å². The van der Waals surface area contributed by atoms with Gasteiger partial charge in [-0.1, -0.05) is 109 Å². The average molecular weight is 486 g/mol. The summed E-state index contributed by atoms with van der Waals surface area (Å²) in [4.78, 5) is 5.20. The van der Waals surface area contributed by atoms with E-state index in [0.717, 1.165) is 50.0 Å². The predicted molar refractivity (Wildman–Crippen MR) is 160 cm³/mol. The van der Waals surface area contributed by atoms with E-state index in [9.17, 15) is 0 Å². The largest absolute Gasteiger partial charge is 0.455 e. The van der Waals surface area contributed by atoms with Crippen LogP contribution in [-0.4, -0.2) is 4.98 Å². The summed E-state index contributed by atoms with van der Waals surface area (Å²) in [6.07, 6.45) is 0. The molecular formula is C36H23NO. The molecule has 0 spiro atoms. The van der Waals surface area contributed by atoms with Gasteiger partial charge in [-0.2, -0.15) is 0 Å². The number of rotatable bonds is 2. The van der Waals surface area contributed by atoms with Gasteiger partial charge in [0, 0.05) is 32.7 Å². The molecule has 0 aliphatic rings. The zero-order valence-corrected chi connectivity index (χ0v) is 20.9. The maximum atomic E-state index is 6.40. The fourth-order valence-electron chi connectivity index (χ4n) is 5.93. The molecule has 2 nitrogen and oxygen atoms in total. The van der Waals surface area contributed by atoms with Crippen LogP contribution < -0.4 is 0 Å². The molecule has 0 N–H and O–H groups in total. The second-order valence-electron chi connectivity index (χ2n) is 10.00. The molecule has 0 saturated heterocycles. The predicted octanol–water partition coefficient (Wildman–Crippen LogP) is 10.1. The van der Waals surface area contributed by atoms with Gasteiger partial charge in [0.05, 0.1) is 11.2 Å². The monoisotopic (exact) mass is 485 g/mol. The van der Waals surface area contributed by atoms with Crippen molar-refractivity contribution in [2.75, 3.05) is 0 Å². The van der Waals surface area contributed by atoms with Crippen molar-refractivity contribution in [1.29, 1.82) is 0 Å². The van der Waals surface area contributed by atoms with E-state index in [1.54, 1.807) is 0 Å². The summed E-state index contributed by atoms with van der Waals surface area (Å²) >= 11 is 0. The number of aromatic nitrogens is 1. The smallest absolute Gasteiger partial charge is 0.143 e. The Kier molecular flexibility index (Phi) is 4.47. The summed E-state index contributed by atoms with van der Waals surface area (Å²) in [5.41, 5.74) is 8.41. The zero-order valence-electron chi connectivity index (χ0n) is 20.9. The Bertz CT molecular complexity index is 2150. The molecule has 2 heteroatoms. The summed E-state index contributed by atoms with van der Waals surface area (Å²) in [6, 6.07) is 43.0. The molecule has 0 aliphatic heterocycles. The third-order valence-electron chi connectivity index (χ3n) is 7.80. The van der Waals surface area contributed by atoms with Gasteiger partial charge in [-0.05, 0) is 46.3 Å². The van der Waals surface area contributed by atoms with Gasteiger partial charge in [0.2, 0.25) is 0 Å². The van der Waals surface area contributed by atoms with Crippen molar-refractivity contribution < 1.29 is 4.42 Å². The molecule has 0 atom stereocenters. The minimum absolute atomic E-state index is 0.937. The van der Waals surface area contributed by atoms with Gasteiger partial charge in [-0.3, -0.25) is 0 Å². The van der Waals surface area contributed by atoms with E-state index in [0.29, 0.717) is 0 Å². The third-order valence-corrected chi connectivity index (χ3v) is 7.80. The van der Waals surface area contributed by atoms with Gasteiger partial charge in [0.1, 0.15) is 11.2 Å². The van der Waals surface area contributed by atoms with E-state index in [4.69, 9.17) is 9.40 Å². The molecule has 0 radical (unpaired) electrons. The molecule has 0 saturated carbocycles. The van der Waals surface area contributed by atoms with Gasteiger partial charge in [-0.25, -0.2) is 4.98 Å². The lowest BCUT2D eigenvalue weighted by molar-refractivity contribution is 0.667. The maximum Gasteiger partial charge on any atom is 0.143 e. The van der Waals surface area contributed by atoms with Gasteiger partial charge >= 0.3 is 0 Å². The first-order chi connectivity index (χ1) is 18.8. The number of pyridine rings is 1. The highest BCUT2D eigenvalue weighted by Crippen LogP contribution is 2.38. The van der Waals surface area contributed by atoms with Crippen molar-refractivity contribution >= 4 is 54.4 Å². The number of hydrogen-bond acceptors (Lipinski definition) is 2. The van der Waals surface area contributed by atoms with Crippen LogP contribution in [0.1, 0.15) is 5.56 Å². The Morgan fingerprint density at radius 3 is 1.74 bits per heavy atom. The molecule has 0 bridgehead atoms. The van der Waals surface area contributed by atoms with E-state index in [2.05, 4.69) is 128 Å². The van der Waals surface area contributed by atoms with Crippen molar-refractivity contribution in [3.63, 3.8) is 0 Å². The van der Waals surface area contributed by atoms with Crippen LogP contribution in [0.5, 0.6) is 0 Å². The molecule has 0 aliphatic carbocycles. The molecule has 8 rings (SSSR count). The first-order valence-corrected chi connectivity index (χ1v) is 13.0. The van der Waals surface area contributed by atoms with E-state index in [-0.39, 0.29) is 0 Å². The number of benzene rings is 6. The van der Waals surface area contributed by atoms with Crippen LogP contribution in [0.15, 0.2) is 126 Å². The number of nitrogens with zero attached hydrogens (tertiary/aromatic N) is 1. The fraction of sp³-hybridized carbons (Fsp3) is 0.0278. The normalized spacial score (nSPS) is 11.8. The number of fused-ring (bicyclic) bond motifs is 9. The summed E-state index contributed by atoms with van der Waals surface area (Å²) in [5.74, 6) is 0. The number of hydrogen-bond donors (Lipinski definition) is 0. The highest BCUT2D eigenvalue weighted by Gasteiger charge is 2.14. The Labute approximate surface area is 219 Å². The lowest BCUT2D eigenvalue weighted by atomic mass is 9.96. The lowest BCUT2D eigenvalue weighted by Crippen LogP contribution is -1.89. The molecule has 38 heavy (non-hydrogen) atoms. The van der Waals surface area contributed by atoms with Gasteiger partial charge < -0.3 is 4.42 Å². The van der Waals surface area contributed by atoms with Crippen LogP contribution >= 0.6 is 0 Å². The average Bonchev–Trinajstić information content (AvgIpc) is 3.38. The van der Waals surface area contributed by atoms with Crippen LogP contribution in [0, 0.1) is 6.92 Å². The van der Waals surface area contributed by atoms with Crippen LogP contribution in [0.2, 0.25) is 0 Å². The summed E-state index contributed by atoms with van der Waals surface area (Å²) in [5, 5.41) is 8.44. The quantitative estimate of drug-likeness (QED) is 0.228. The maximum absolute atomic E-state index is 6.40. The molecule has 8 aromatic rings. The molecule has 178 valence electrons. The van der Waals surface area contributed by atoms with E-state index in [1.807, 2.05) is 0 Å². The topological polar surface area (TPSA) is 26.0 Å². The highest BCUT2D eigenvalue weighted by atomic mass is 16.3. The van der Waals surface area contributed by atoms with Gasteiger partial charge in [0.25, 0.3) is 0 Å².